The Morgan fingerprint density at radius 2 is 1.70 bits per heavy atom. The molecule has 0 spiro atoms. The maximum atomic E-state index is 12.4. The Morgan fingerprint density at radius 3 is 2.43 bits per heavy atom. The largest absolute Gasteiger partial charge is 0.508 e. The van der Waals surface area contributed by atoms with Gasteiger partial charge >= 0.3 is 5.97 Å². The predicted molar refractivity (Wildman–Crippen MR) is 200 cm³/mol. The molecule has 53 heavy (non-hydrogen) atoms. The van der Waals surface area contributed by atoms with Crippen molar-refractivity contribution >= 4 is 34.8 Å². The molecule has 14 heteroatoms. The van der Waals surface area contributed by atoms with Gasteiger partial charge in [0.05, 0.1) is 49.8 Å². The highest BCUT2D eigenvalue weighted by Crippen LogP contribution is 2.31. The fraction of sp³-hybridized carbons (Fsp3) is 0.410. The number of phenolic OH excluding ortho intramolecular Hbond substituents is 1. The number of azo groups is 1. The summed E-state index contributed by atoms with van der Waals surface area (Å²) in [5.41, 5.74) is 6.18. The molecule has 1 aliphatic carbocycles. The first-order chi connectivity index (χ1) is 25.7. The number of carboxylic acid groups (broad SMARTS) is 1. The molecule has 14 nitrogen and oxygen atoms in total. The quantitative estimate of drug-likeness (QED) is 0.0686. The van der Waals surface area contributed by atoms with Crippen LogP contribution in [0.15, 0.2) is 83.2 Å². The van der Waals surface area contributed by atoms with Gasteiger partial charge in [0.1, 0.15) is 5.75 Å². The van der Waals surface area contributed by atoms with Gasteiger partial charge in [-0.2, -0.15) is 10.2 Å². The number of anilines is 1. The number of benzene rings is 3. The lowest BCUT2D eigenvalue weighted by atomic mass is 9.86. The van der Waals surface area contributed by atoms with E-state index in [4.69, 9.17) is 9.84 Å². The number of hydrogen-bond donors (Lipinski definition) is 4. The van der Waals surface area contributed by atoms with Gasteiger partial charge in [-0.1, -0.05) is 36.4 Å². The summed E-state index contributed by atoms with van der Waals surface area (Å²) in [5.74, 6) is -1.14. The number of hydrogen-bond acceptors (Lipinski definition) is 10. The fourth-order valence-corrected chi connectivity index (χ4v) is 6.27. The molecule has 0 aliphatic heterocycles. The summed E-state index contributed by atoms with van der Waals surface area (Å²) in [6.45, 7) is 4.98. The normalized spacial score (nSPS) is 14.0. The van der Waals surface area contributed by atoms with E-state index in [2.05, 4.69) is 61.2 Å². The number of phenols is 1. The Balaban J connectivity index is 0.968. The van der Waals surface area contributed by atoms with Gasteiger partial charge in [0.15, 0.2) is 0 Å². The van der Waals surface area contributed by atoms with Gasteiger partial charge < -0.3 is 25.6 Å². The van der Waals surface area contributed by atoms with Crippen molar-refractivity contribution in [3.8, 4) is 5.75 Å². The van der Waals surface area contributed by atoms with Crippen LogP contribution in [-0.2, 0) is 51.3 Å². The van der Waals surface area contributed by atoms with Crippen molar-refractivity contribution in [2.24, 2.45) is 10.2 Å². The van der Waals surface area contributed by atoms with E-state index >= 15 is 0 Å². The zero-order valence-electron chi connectivity index (χ0n) is 30.1. The number of ether oxygens (including phenoxy) is 1. The Kier molecular flexibility index (Phi) is 14.6. The molecular formula is C39H48N8O6. The second-order valence-corrected chi connectivity index (χ2v) is 13.1. The third-order valence-electron chi connectivity index (χ3n) is 9.08. The standard InChI is InChI=1S/C39H48N8O6/c1-2-20-46(34-15-16-35-29(25-34)4-3-5-36(35)48)21-18-28-6-8-31(9-7-28)42-43-32-12-10-30(11-13-32)41-38(50)26-40-37(49)19-23-53-24-22-47-27-33(44-45-47)14-17-39(51)52/h3-13,27,34,48H,2,14-26H2,1H3,(H,40,49)(H,41,50)(H,51,52). The summed E-state index contributed by atoms with van der Waals surface area (Å²) in [5, 5.41) is 40.9. The summed E-state index contributed by atoms with van der Waals surface area (Å²) in [4.78, 5) is 37.7. The second kappa shape index (κ2) is 20.0. The monoisotopic (exact) mass is 724 g/mol. The highest BCUT2D eigenvalue weighted by molar-refractivity contribution is 5.94. The predicted octanol–water partition coefficient (Wildman–Crippen LogP) is 5.39. The smallest absolute Gasteiger partial charge is 0.303 e. The summed E-state index contributed by atoms with van der Waals surface area (Å²) in [6.07, 6.45) is 7.06. The Hall–Kier alpha value is -5.47. The fourth-order valence-electron chi connectivity index (χ4n) is 6.27. The van der Waals surface area contributed by atoms with Crippen LogP contribution in [0.25, 0.3) is 0 Å². The van der Waals surface area contributed by atoms with Crippen LogP contribution in [0, 0.1) is 0 Å². The van der Waals surface area contributed by atoms with Gasteiger partial charge in [-0.05, 0) is 97.8 Å². The molecule has 3 aromatic carbocycles. The van der Waals surface area contributed by atoms with Crippen LogP contribution < -0.4 is 10.6 Å². The molecular weight excluding hydrogens is 676 g/mol. The van der Waals surface area contributed by atoms with Crippen LogP contribution >= 0.6 is 0 Å². The molecule has 1 aromatic heterocycles. The molecule has 1 unspecified atom stereocenters. The van der Waals surface area contributed by atoms with E-state index < -0.39 is 5.97 Å². The van der Waals surface area contributed by atoms with Crippen molar-refractivity contribution in [1.29, 1.82) is 0 Å². The minimum Gasteiger partial charge on any atom is -0.508 e. The molecule has 0 radical (unpaired) electrons. The van der Waals surface area contributed by atoms with Gasteiger partial charge in [0.2, 0.25) is 11.8 Å². The Morgan fingerprint density at radius 1 is 0.943 bits per heavy atom. The Bertz CT molecular complexity index is 1830. The third-order valence-corrected chi connectivity index (χ3v) is 9.08. The molecule has 4 N–H and O–H groups in total. The van der Waals surface area contributed by atoms with E-state index in [0.29, 0.717) is 48.4 Å². The van der Waals surface area contributed by atoms with E-state index in [1.807, 2.05) is 18.2 Å². The van der Waals surface area contributed by atoms with Crippen molar-refractivity contribution in [3.05, 3.63) is 95.3 Å². The number of carbonyl (C=O) groups is 3. The number of carbonyl (C=O) groups excluding carboxylic acids is 2. The molecule has 0 fully saturated rings. The molecule has 0 saturated carbocycles. The molecule has 280 valence electrons. The molecule has 4 aromatic rings. The van der Waals surface area contributed by atoms with Gasteiger partial charge in [-0.15, -0.1) is 5.10 Å². The first kappa shape index (κ1) is 38.8. The van der Waals surface area contributed by atoms with Crippen LogP contribution in [0.2, 0.25) is 0 Å². The maximum Gasteiger partial charge on any atom is 0.303 e. The first-order valence-corrected chi connectivity index (χ1v) is 18.2. The SMILES string of the molecule is CCCN(CCc1ccc(N=Nc2ccc(NC(=O)CNC(=O)CCOCCn3cc(CCC(=O)O)nn3)cc2)cc1)C1CCc2c(O)cccc2C1. The second-order valence-electron chi connectivity index (χ2n) is 13.1. The highest BCUT2D eigenvalue weighted by atomic mass is 16.5. The minimum absolute atomic E-state index is 0.00957. The zero-order chi connectivity index (χ0) is 37.4. The zero-order valence-corrected chi connectivity index (χ0v) is 30.1. The lowest BCUT2D eigenvalue weighted by Crippen LogP contribution is -2.41. The molecule has 0 saturated heterocycles. The number of nitrogens with one attached hydrogen (secondary N) is 2. The first-order valence-electron chi connectivity index (χ1n) is 18.2. The van der Waals surface area contributed by atoms with Crippen molar-refractivity contribution in [3.63, 3.8) is 0 Å². The number of nitrogens with zero attached hydrogens (tertiary/aromatic N) is 6. The number of rotatable bonds is 20. The van der Waals surface area contributed by atoms with E-state index in [-0.39, 0.29) is 37.8 Å². The van der Waals surface area contributed by atoms with Crippen LogP contribution in [0.1, 0.15) is 55.0 Å². The Labute approximate surface area is 309 Å². The van der Waals surface area contributed by atoms with Crippen LogP contribution in [0.5, 0.6) is 5.75 Å². The van der Waals surface area contributed by atoms with Crippen LogP contribution in [0.4, 0.5) is 17.1 Å². The summed E-state index contributed by atoms with van der Waals surface area (Å²) in [7, 11) is 0. The molecule has 1 aliphatic rings. The topological polar surface area (TPSA) is 184 Å². The number of aromatic hydroxyl groups is 1. The average molecular weight is 725 g/mol. The number of fused-ring (bicyclic) bond motifs is 1. The number of carboxylic acids is 1. The summed E-state index contributed by atoms with van der Waals surface area (Å²) >= 11 is 0. The summed E-state index contributed by atoms with van der Waals surface area (Å²) in [6, 6.07) is 21.5. The molecule has 0 bridgehead atoms. The van der Waals surface area contributed by atoms with Crippen molar-refractivity contribution in [2.75, 3.05) is 38.2 Å². The van der Waals surface area contributed by atoms with Gasteiger partial charge in [0.25, 0.3) is 0 Å². The van der Waals surface area contributed by atoms with E-state index in [1.165, 1.54) is 11.1 Å². The maximum absolute atomic E-state index is 12.4. The van der Waals surface area contributed by atoms with Gasteiger partial charge in [0, 0.05) is 37.3 Å². The van der Waals surface area contributed by atoms with Crippen molar-refractivity contribution < 1.29 is 29.3 Å². The third kappa shape index (κ3) is 12.6. The van der Waals surface area contributed by atoms with Gasteiger partial charge in [-0.25, -0.2) is 4.68 Å². The van der Waals surface area contributed by atoms with Crippen molar-refractivity contribution in [2.45, 2.75) is 70.9 Å². The van der Waals surface area contributed by atoms with Crippen LogP contribution in [-0.4, -0.2) is 86.8 Å². The van der Waals surface area contributed by atoms with E-state index in [9.17, 15) is 19.5 Å². The molecule has 2 amide bonds. The van der Waals surface area contributed by atoms with E-state index in [0.717, 1.165) is 56.4 Å². The summed E-state index contributed by atoms with van der Waals surface area (Å²) < 4.78 is 7.03. The minimum atomic E-state index is -0.891. The number of aryl methyl sites for hydroxylation is 1. The number of aromatic nitrogens is 3. The lowest BCUT2D eigenvalue weighted by Gasteiger charge is -2.35. The molecule has 5 rings (SSSR count). The van der Waals surface area contributed by atoms with Crippen LogP contribution in [0.3, 0.4) is 0 Å². The van der Waals surface area contributed by atoms with E-state index in [1.54, 1.807) is 41.2 Å². The highest BCUT2D eigenvalue weighted by Gasteiger charge is 2.25. The number of amides is 2. The number of aliphatic carboxylic acids is 1. The lowest BCUT2D eigenvalue weighted by molar-refractivity contribution is -0.137. The molecule has 1 atom stereocenters. The molecule has 1 heterocycles. The average Bonchev–Trinajstić information content (AvgIpc) is 3.62. The van der Waals surface area contributed by atoms with Crippen molar-refractivity contribution in [1.82, 2.24) is 25.2 Å². The van der Waals surface area contributed by atoms with Gasteiger partial charge in [-0.3, -0.25) is 19.3 Å².